The SMILES string of the molecule is COc1cc2c(cc1OC(C)C)C(c1ccc(Cl)cc1)N(c1ccc(N(C)CC3CCC(N)CC3)cc1)C(=O)C2. The number of rotatable bonds is 8. The summed E-state index contributed by atoms with van der Waals surface area (Å²) in [6, 6.07) is 20.1. The molecule has 0 aromatic heterocycles. The lowest BCUT2D eigenvalue weighted by Gasteiger charge is -2.38. The Hall–Kier alpha value is -3.22. The lowest BCUT2D eigenvalue weighted by atomic mass is 9.86. The first-order chi connectivity index (χ1) is 19.2. The molecule has 0 spiro atoms. The molecule has 1 amide bonds. The number of hydrogen-bond acceptors (Lipinski definition) is 5. The third-order valence-corrected chi connectivity index (χ3v) is 8.38. The highest BCUT2D eigenvalue weighted by atomic mass is 35.5. The molecule has 0 bridgehead atoms. The van der Waals surface area contributed by atoms with E-state index in [-0.39, 0.29) is 24.5 Å². The van der Waals surface area contributed by atoms with E-state index in [1.165, 1.54) is 12.8 Å². The highest BCUT2D eigenvalue weighted by Gasteiger charge is 2.36. The number of anilines is 2. The Bertz CT molecular complexity index is 1320. The van der Waals surface area contributed by atoms with Crippen LogP contribution >= 0.6 is 11.6 Å². The van der Waals surface area contributed by atoms with Gasteiger partial charge in [0.25, 0.3) is 0 Å². The van der Waals surface area contributed by atoms with Crippen molar-refractivity contribution in [3.8, 4) is 11.5 Å². The van der Waals surface area contributed by atoms with E-state index in [9.17, 15) is 4.79 Å². The summed E-state index contributed by atoms with van der Waals surface area (Å²) < 4.78 is 11.8. The van der Waals surface area contributed by atoms with Crippen molar-refractivity contribution in [3.63, 3.8) is 0 Å². The number of methoxy groups -OCH3 is 1. The van der Waals surface area contributed by atoms with Crippen molar-refractivity contribution >= 4 is 28.9 Å². The third-order valence-electron chi connectivity index (χ3n) is 8.13. The molecule has 7 heteroatoms. The van der Waals surface area contributed by atoms with E-state index >= 15 is 0 Å². The van der Waals surface area contributed by atoms with Crippen molar-refractivity contribution in [2.75, 3.05) is 30.5 Å². The summed E-state index contributed by atoms with van der Waals surface area (Å²) in [6.45, 7) is 5.00. The predicted octanol–water partition coefficient (Wildman–Crippen LogP) is 6.77. The maximum absolute atomic E-state index is 13.8. The van der Waals surface area contributed by atoms with Crippen molar-refractivity contribution in [2.24, 2.45) is 11.7 Å². The number of nitrogens with two attached hydrogens (primary N) is 1. The molecule has 1 aliphatic heterocycles. The van der Waals surface area contributed by atoms with Gasteiger partial charge in [-0.2, -0.15) is 0 Å². The topological polar surface area (TPSA) is 68.0 Å². The van der Waals surface area contributed by atoms with Crippen LogP contribution in [0.5, 0.6) is 11.5 Å². The first-order valence-electron chi connectivity index (χ1n) is 14.2. The normalized spacial score (nSPS) is 20.8. The molecule has 1 saturated carbocycles. The van der Waals surface area contributed by atoms with Crippen LogP contribution in [0.3, 0.4) is 0 Å². The Balaban J connectivity index is 1.49. The summed E-state index contributed by atoms with van der Waals surface area (Å²) >= 11 is 6.25. The Kier molecular flexibility index (Phi) is 8.57. The van der Waals surface area contributed by atoms with Crippen LogP contribution < -0.4 is 25.0 Å². The molecule has 6 nitrogen and oxygen atoms in total. The van der Waals surface area contributed by atoms with Gasteiger partial charge in [0.2, 0.25) is 5.91 Å². The van der Waals surface area contributed by atoms with Crippen molar-refractivity contribution in [1.82, 2.24) is 0 Å². The highest BCUT2D eigenvalue weighted by Crippen LogP contribution is 2.44. The van der Waals surface area contributed by atoms with Crippen LogP contribution in [0.15, 0.2) is 60.7 Å². The smallest absolute Gasteiger partial charge is 0.232 e. The molecule has 1 unspecified atom stereocenters. The summed E-state index contributed by atoms with van der Waals surface area (Å²) in [7, 11) is 3.77. The molecule has 1 aliphatic carbocycles. The number of amides is 1. The molecule has 3 aromatic rings. The molecular weight excluding hydrogens is 522 g/mol. The van der Waals surface area contributed by atoms with Gasteiger partial charge in [-0.25, -0.2) is 0 Å². The van der Waals surface area contributed by atoms with E-state index in [0.29, 0.717) is 28.5 Å². The number of carbonyl (C=O) groups excluding carboxylic acids is 1. The molecule has 0 radical (unpaired) electrons. The second-order valence-electron chi connectivity index (χ2n) is 11.4. The minimum atomic E-state index is -0.330. The van der Waals surface area contributed by atoms with Crippen LogP contribution in [-0.4, -0.2) is 38.8 Å². The van der Waals surface area contributed by atoms with Gasteiger partial charge in [0.1, 0.15) is 0 Å². The van der Waals surface area contributed by atoms with Crippen molar-refractivity contribution in [1.29, 1.82) is 0 Å². The van der Waals surface area contributed by atoms with E-state index in [1.54, 1.807) is 7.11 Å². The van der Waals surface area contributed by atoms with Crippen LogP contribution in [-0.2, 0) is 11.2 Å². The summed E-state index contributed by atoms with van der Waals surface area (Å²) in [4.78, 5) is 18.0. The van der Waals surface area contributed by atoms with Crippen LogP contribution in [0, 0.1) is 5.92 Å². The van der Waals surface area contributed by atoms with Gasteiger partial charge in [-0.15, -0.1) is 0 Å². The van der Waals surface area contributed by atoms with Gasteiger partial charge in [-0.3, -0.25) is 4.79 Å². The Morgan fingerprint density at radius 2 is 1.68 bits per heavy atom. The average Bonchev–Trinajstić information content (AvgIpc) is 2.94. The molecule has 2 aliphatic rings. The van der Waals surface area contributed by atoms with Gasteiger partial charge in [-0.1, -0.05) is 23.7 Å². The second-order valence-corrected chi connectivity index (χ2v) is 11.9. The van der Waals surface area contributed by atoms with Crippen molar-refractivity contribution < 1.29 is 14.3 Å². The molecular formula is C33H40ClN3O3. The van der Waals surface area contributed by atoms with E-state index in [0.717, 1.165) is 47.5 Å². The van der Waals surface area contributed by atoms with Crippen LogP contribution in [0.4, 0.5) is 11.4 Å². The summed E-state index contributed by atoms with van der Waals surface area (Å²) in [5.74, 6) is 2.01. The summed E-state index contributed by atoms with van der Waals surface area (Å²) in [5, 5.41) is 0.656. The number of carbonyl (C=O) groups is 1. The number of benzene rings is 3. The molecule has 2 N–H and O–H groups in total. The number of fused-ring (bicyclic) bond motifs is 1. The first-order valence-corrected chi connectivity index (χ1v) is 14.6. The second kappa shape index (κ2) is 12.1. The van der Waals surface area contributed by atoms with Crippen LogP contribution in [0.1, 0.15) is 62.3 Å². The molecule has 5 rings (SSSR count). The van der Waals surface area contributed by atoms with Crippen molar-refractivity contribution in [3.05, 3.63) is 82.4 Å². The molecule has 40 heavy (non-hydrogen) atoms. The quantitative estimate of drug-likeness (QED) is 0.329. The molecule has 1 atom stereocenters. The third kappa shape index (κ3) is 6.08. The Morgan fingerprint density at radius 1 is 1.00 bits per heavy atom. The maximum atomic E-state index is 13.8. The zero-order valence-electron chi connectivity index (χ0n) is 23.9. The zero-order chi connectivity index (χ0) is 28.4. The predicted molar refractivity (Wildman–Crippen MR) is 163 cm³/mol. The molecule has 3 aromatic carbocycles. The molecule has 212 valence electrons. The molecule has 1 heterocycles. The first kappa shape index (κ1) is 28.3. The fourth-order valence-corrected chi connectivity index (χ4v) is 6.19. The number of hydrogen-bond donors (Lipinski definition) is 1. The lowest BCUT2D eigenvalue weighted by Crippen LogP contribution is -2.41. The van der Waals surface area contributed by atoms with Crippen LogP contribution in [0.2, 0.25) is 5.02 Å². The van der Waals surface area contributed by atoms with E-state index in [4.69, 9.17) is 26.8 Å². The number of nitrogens with zero attached hydrogens (tertiary/aromatic N) is 2. The highest BCUT2D eigenvalue weighted by molar-refractivity contribution is 6.30. The Morgan fingerprint density at radius 3 is 2.30 bits per heavy atom. The van der Waals surface area contributed by atoms with Gasteiger partial charge in [-0.05, 0) is 111 Å². The standard InChI is InChI=1S/C33H40ClN3O3/c1-21(2)40-31-19-29-24(17-30(31)39-4)18-32(38)37(33(29)23-7-9-25(34)10-8-23)28-15-13-27(14-16-28)36(3)20-22-5-11-26(35)12-6-22/h7-10,13-17,19,21-22,26,33H,5-6,11-12,18,20,35H2,1-4H3. The van der Waals surface area contributed by atoms with Crippen LogP contribution in [0.25, 0.3) is 0 Å². The summed E-state index contributed by atoms with van der Waals surface area (Å²) in [6.07, 6.45) is 4.85. The van der Waals surface area contributed by atoms with Gasteiger partial charge in [0.15, 0.2) is 11.5 Å². The van der Waals surface area contributed by atoms with E-state index in [1.807, 2.05) is 55.1 Å². The Labute approximate surface area is 243 Å². The summed E-state index contributed by atoms with van der Waals surface area (Å²) in [5.41, 5.74) is 11.1. The fourth-order valence-electron chi connectivity index (χ4n) is 6.06. The largest absolute Gasteiger partial charge is 0.493 e. The van der Waals surface area contributed by atoms with Gasteiger partial charge >= 0.3 is 0 Å². The fraction of sp³-hybridized carbons (Fsp3) is 0.424. The van der Waals surface area contributed by atoms with Gasteiger partial charge in [0, 0.05) is 36.0 Å². The van der Waals surface area contributed by atoms with Gasteiger partial charge < -0.3 is 25.0 Å². The van der Waals surface area contributed by atoms with Crippen molar-refractivity contribution in [2.45, 2.75) is 64.1 Å². The maximum Gasteiger partial charge on any atom is 0.232 e. The molecule has 0 saturated heterocycles. The number of ether oxygens (including phenoxy) is 2. The monoisotopic (exact) mass is 561 g/mol. The minimum Gasteiger partial charge on any atom is -0.493 e. The van der Waals surface area contributed by atoms with E-state index < -0.39 is 0 Å². The lowest BCUT2D eigenvalue weighted by molar-refractivity contribution is -0.118. The minimum absolute atomic E-state index is 0.0165. The van der Waals surface area contributed by atoms with E-state index in [2.05, 4.69) is 36.2 Å². The number of halogens is 1. The van der Waals surface area contributed by atoms with Gasteiger partial charge in [0.05, 0.1) is 25.7 Å². The average molecular weight is 562 g/mol. The zero-order valence-corrected chi connectivity index (χ0v) is 24.7. The molecule has 1 fully saturated rings.